The number of H-pyrrole nitrogens is 1. The fourth-order valence-corrected chi connectivity index (χ4v) is 3.16. The first-order valence-electron chi connectivity index (χ1n) is 8.97. The highest BCUT2D eigenvalue weighted by atomic mass is 35.5. The van der Waals surface area contributed by atoms with E-state index in [2.05, 4.69) is 32.0 Å². The Morgan fingerprint density at radius 2 is 2.14 bits per heavy atom. The van der Waals surface area contributed by atoms with Crippen LogP contribution in [0.5, 0.6) is 0 Å². The highest BCUT2D eigenvalue weighted by Gasteiger charge is 2.19. The molecule has 1 saturated heterocycles. The van der Waals surface area contributed by atoms with Gasteiger partial charge in [0, 0.05) is 37.9 Å². The number of aromatic nitrogens is 6. The van der Waals surface area contributed by atoms with Gasteiger partial charge in [0.05, 0.1) is 35.3 Å². The van der Waals surface area contributed by atoms with Gasteiger partial charge in [0.2, 0.25) is 5.95 Å². The van der Waals surface area contributed by atoms with Gasteiger partial charge in [0.25, 0.3) is 0 Å². The van der Waals surface area contributed by atoms with Gasteiger partial charge in [-0.05, 0) is 31.2 Å². The van der Waals surface area contributed by atoms with Crippen molar-refractivity contribution in [3.8, 4) is 11.4 Å². The highest BCUT2D eigenvalue weighted by Crippen LogP contribution is 2.23. The van der Waals surface area contributed by atoms with Crippen molar-refractivity contribution in [3.63, 3.8) is 0 Å². The average molecular weight is 398 g/mol. The van der Waals surface area contributed by atoms with E-state index in [0.29, 0.717) is 11.6 Å². The molecular weight excluding hydrogens is 378 g/mol. The van der Waals surface area contributed by atoms with Crippen LogP contribution >= 0.6 is 11.6 Å². The topological polar surface area (TPSA) is 84.2 Å². The van der Waals surface area contributed by atoms with E-state index < -0.39 is 0 Å². The van der Waals surface area contributed by atoms with E-state index in [4.69, 9.17) is 21.3 Å². The van der Waals surface area contributed by atoms with E-state index in [0.717, 1.165) is 36.1 Å². The number of hydrogen-bond donors (Lipinski definition) is 1. The summed E-state index contributed by atoms with van der Waals surface area (Å²) >= 11 is 6.10. The van der Waals surface area contributed by atoms with Gasteiger partial charge in [0.1, 0.15) is 5.65 Å². The molecule has 28 heavy (non-hydrogen) atoms. The monoisotopic (exact) mass is 397 g/mol. The second-order valence-electron chi connectivity index (χ2n) is 6.35. The third-order valence-corrected chi connectivity index (χ3v) is 4.53. The van der Waals surface area contributed by atoms with Crippen molar-refractivity contribution < 1.29 is 4.74 Å². The second-order valence-corrected chi connectivity index (χ2v) is 6.79. The Bertz CT molecular complexity index is 1020. The molecule has 0 aromatic carbocycles. The quantitative estimate of drug-likeness (QED) is 0.559. The number of imidazole rings is 1. The van der Waals surface area contributed by atoms with E-state index in [1.807, 2.05) is 34.9 Å². The van der Waals surface area contributed by atoms with Gasteiger partial charge in [-0.3, -0.25) is 9.50 Å². The molecule has 144 valence electrons. The third kappa shape index (κ3) is 4.13. The van der Waals surface area contributed by atoms with Gasteiger partial charge < -0.3 is 9.64 Å². The van der Waals surface area contributed by atoms with Crippen LogP contribution in [0.25, 0.3) is 17.0 Å². The maximum atomic E-state index is 6.10. The van der Waals surface area contributed by atoms with Crippen LogP contribution < -0.4 is 4.90 Å². The minimum Gasteiger partial charge on any atom is -0.375 e. The predicted octanol–water partition coefficient (Wildman–Crippen LogP) is 3.08. The maximum Gasteiger partial charge on any atom is 0.226 e. The van der Waals surface area contributed by atoms with Crippen molar-refractivity contribution in [1.82, 2.24) is 29.5 Å². The zero-order valence-electron chi connectivity index (χ0n) is 15.4. The zero-order valence-corrected chi connectivity index (χ0v) is 16.1. The van der Waals surface area contributed by atoms with Gasteiger partial charge in [-0.15, -0.1) is 0 Å². The van der Waals surface area contributed by atoms with E-state index in [-0.39, 0.29) is 6.10 Å². The molecule has 1 unspecified atom stereocenters. The molecule has 5 rings (SSSR count). The molecule has 0 amide bonds. The molecule has 0 aliphatic carbocycles. The van der Waals surface area contributed by atoms with Crippen molar-refractivity contribution in [1.29, 1.82) is 0 Å². The Morgan fingerprint density at radius 3 is 2.89 bits per heavy atom. The van der Waals surface area contributed by atoms with Gasteiger partial charge in [-0.1, -0.05) is 11.6 Å². The molecule has 1 N–H and O–H groups in total. The lowest BCUT2D eigenvalue weighted by Crippen LogP contribution is -2.42. The first kappa shape index (κ1) is 18.4. The summed E-state index contributed by atoms with van der Waals surface area (Å²) in [6, 6.07) is 7.43. The van der Waals surface area contributed by atoms with Crippen LogP contribution in [0.4, 0.5) is 5.95 Å². The zero-order chi connectivity index (χ0) is 19.3. The Hall–Kier alpha value is -2.97. The highest BCUT2D eigenvalue weighted by molar-refractivity contribution is 6.30. The van der Waals surface area contributed by atoms with Crippen LogP contribution in [-0.2, 0) is 4.74 Å². The molecular formula is C19H20ClN7O. The van der Waals surface area contributed by atoms with E-state index in [1.54, 1.807) is 24.8 Å². The lowest BCUT2D eigenvalue weighted by Gasteiger charge is -2.31. The van der Waals surface area contributed by atoms with Crippen molar-refractivity contribution >= 4 is 23.2 Å². The number of fused-ring (bicyclic) bond motifs is 1. The van der Waals surface area contributed by atoms with E-state index >= 15 is 0 Å². The Morgan fingerprint density at radius 1 is 1.21 bits per heavy atom. The summed E-state index contributed by atoms with van der Waals surface area (Å²) in [6.07, 6.45) is 9.07. The molecule has 1 aliphatic rings. The van der Waals surface area contributed by atoms with E-state index in [1.165, 1.54) is 0 Å². The number of halogens is 1. The average Bonchev–Trinajstić information content (AvgIpc) is 3.41. The second kappa shape index (κ2) is 8.37. The molecule has 4 aromatic heterocycles. The van der Waals surface area contributed by atoms with Crippen LogP contribution in [0.1, 0.15) is 6.92 Å². The SMILES string of the molecule is CC1CN(c2nccc(-c3cnc4ccc(Cl)cn34)n2)CCO1.c1cn[nH]c1. The summed E-state index contributed by atoms with van der Waals surface area (Å²) < 4.78 is 7.52. The first-order valence-corrected chi connectivity index (χ1v) is 9.35. The summed E-state index contributed by atoms with van der Waals surface area (Å²) in [5, 5.41) is 6.87. The van der Waals surface area contributed by atoms with Crippen molar-refractivity contribution in [2.24, 2.45) is 0 Å². The molecule has 0 radical (unpaired) electrons. The van der Waals surface area contributed by atoms with Gasteiger partial charge in [-0.25, -0.2) is 15.0 Å². The van der Waals surface area contributed by atoms with Crippen LogP contribution in [0, 0.1) is 0 Å². The fourth-order valence-electron chi connectivity index (χ4n) is 3.00. The predicted molar refractivity (Wildman–Crippen MR) is 107 cm³/mol. The van der Waals surface area contributed by atoms with Crippen LogP contribution in [0.15, 0.2) is 55.2 Å². The molecule has 1 fully saturated rings. The standard InChI is InChI=1S/C16H16ClN5O.C3H4N2/c1-11-9-21(6-7-23-11)16-18-5-4-13(20-16)14-8-19-15-3-2-12(17)10-22(14)15;1-2-4-5-3-1/h2-5,8,10-11H,6-7,9H2,1H3;1-3H,(H,4,5). The van der Waals surface area contributed by atoms with Crippen molar-refractivity contribution in [2.45, 2.75) is 13.0 Å². The normalized spacial score (nSPS) is 16.6. The number of ether oxygens (including phenoxy) is 1. The summed E-state index contributed by atoms with van der Waals surface area (Å²) in [5.41, 5.74) is 2.56. The van der Waals surface area contributed by atoms with Crippen molar-refractivity contribution in [3.05, 3.63) is 60.3 Å². The number of aromatic amines is 1. The molecule has 1 aliphatic heterocycles. The number of pyridine rings is 1. The number of anilines is 1. The maximum absolute atomic E-state index is 6.10. The molecule has 0 spiro atoms. The molecule has 1 atom stereocenters. The van der Waals surface area contributed by atoms with Crippen LogP contribution in [-0.4, -0.2) is 55.4 Å². The lowest BCUT2D eigenvalue weighted by molar-refractivity contribution is 0.0526. The largest absolute Gasteiger partial charge is 0.375 e. The Kier molecular flexibility index (Phi) is 5.50. The summed E-state index contributed by atoms with van der Waals surface area (Å²) in [5.74, 6) is 0.717. The molecule has 8 nitrogen and oxygen atoms in total. The number of nitrogens with zero attached hydrogens (tertiary/aromatic N) is 6. The van der Waals surface area contributed by atoms with Gasteiger partial charge in [0.15, 0.2) is 0 Å². The van der Waals surface area contributed by atoms with Crippen molar-refractivity contribution in [2.75, 3.05) is 24.6 Å². The smallest absolute Gasteiger partial charge is 0.226 e. The molecule has 0 bridgehead atoms. The molecule has 4 aromatic rings. The molecule has 5 heterocycles. The van der Waals surface area contributed by atoms with Crippen LogP contribution in [0.2, 0.25) is 5.02 Å². The molecule has 9 heteroatoms. The Balaban J connectivity index is 0.000000336. The fraction of sp³-hybridized carbons (Fsp3) is 0.263. The number of rotatable bonds is 2. The molecule has 0 saturated carbocycles. The minimum absolute atomic E-state index is 0.186. The van der Waals surface area contributed by atoms with Gasteiger partial charge in [-0.2, -0.15) is 5.10 Å². The lowest BCUT2D eigenvalue weighted by atomic mass is 10.3. The minimum atomic E-state index is 0.186. The third-order valence-electron chi connectivity index (χ3n) is 4.30. The van der Waals surface area contributed by atoms with Gasteiger partial charge >= 0.3 is 0 Å². The van der Waals surface area contributed by atoms with Crippen LogP contribution in [0.3, 0.4) is 0 Å². The summed E-state index contributed by atoms with van der Waals surface area (Å²) in [6.45, 7) is 4.34. The first-order chi connectivity index (χ1) is 13.7. The van der Waals surface area contributed by atoms with E-state index in [9.17, 15) is 0 Å². The Labute approximate surface area is 167 Å². The number of morpholine rings is 1. The summed E-state index contributed by atoms with van der Waals surface area (Å²) in [7, 11) is 0. The summed E-state index contributed by atoms with van der Waals surface area (Å²) in [4.78, 5) is 15.7. The number of nitrogens with one attached hydrogen (secondary N) is 1. The number of hydrogen-bond acceptors (Lipinski definition) is 6.